The van der Waals surface area contributed by atoms with Gasteiger partial charge in [-0.1, -0.05) is 24.3 Å². The van der Waals surface area contributed by atoms with Gasteiger partial charge in [0.15, 0.2) is 0 Å². The van der Waals surface area contributed by atoms with Crippen LogP contribution in [-0.4, -0.2) is 17.9 Å². The molecule has 0 atom stereocenters. The second-order valence-electron chi connectivity index (χ2n) is 4.25. The minimum atomic E-state index is 0.862. The molecule has 0 saturated heterocycles. The van der Waals surface area contributed by atoms with E-state index >= 15 is 0 Å². The Morgan fingerprint density at radius 2 is 1.94 bits per heavy atom. The summed E-state index contributed by atoms with van der Waals surface area (Å²) in [5.74, 6) is 0.862. The van der Waals surface area contributed by atoms with Crippen LogP contribution in [0.15, 0.2) is 47.7 Å². The number of hydrogen-bond donors (Lipinski definition) is 1. The highest BCUT2D eigenvalue weighted by molar-refractivity contribution is 6.01. The van der Waals surface area contributed by atoms with Gasteiger partial charge in [0.25, 0.3) is 0 Å². The number of amidine groups is 1. The fraction of sp³-hybridized carbons (Fsp3) is 0.200. The van der Waals surface area contributed by atoms with Crippen molar-refractivity contribution in [3.63, 3.8) is 0 Å². The summed E-state index contributed by atoms with van der Waals surface area (Å²) >= 11 is 0. The monoisotopic (exact) mass is 239 g/mol. The summed E-state index contributed by atoms with van der Waals surface area (Å²) < 4.78 is 0. The number of benzene rings is 1. The highest BCUT2D eigenvalue weighted by Gasteiger charge is 2.04. The van der Waals surface area contributed by atoms with Crippen molar-refractivity contribution in [2.45, 2.75) is 13.8 Å². The van der Waals surface area contributed by atoms with Crippen LogP contribution in [0.4, 0.5) is 5.69 Å². The van der Waals surface area contributed by atoms with Crippen LogP contribution in [0.1, 0.15) is 16.7 Å². The predicted molar refractivity (Wildman–Crippen MR) is 75.4 cm³/mol. The lowest BCUT2D eigenvalue weighted by Crippen LogP contribution is -2.20. The molecule has 0 saturated carbocycles. The standard InChI is InChI=1S/C15H17N3/c1-11-8-13(10-17-9-11)18-15(16-3)14-7-5-4-6-12(14)2/h4-10H,1-3H3,(H,16,18). The van der Waals surface area contributed by atoms with E-state index < -0.39 is 0 Å². The summed E-state index contributed by atoms with van der Waals surface area (Å²) in [4.78, 5) is 8.76. The van der Waals surface area contributed by atoms with E-state index in [0.717, 1.165) is 22.6 Å². The van der Waals surface area contributed by atoms with Crippen LogP contribution in [0.5, 0.6) is 0 Å². The molecule has 0 amide bonds. The Kier molecular flexibility index (Phi) is 3.72. The van der Waals surface area contributed by atoms with E-state index in [1.165, 1.54) is 5.56 Å². The van der Waals surface area contributed by atoms with Gasteiger partial charge in [0, 0.05) is 18.8 Å². The van der Waals surface area contributed by atoms with E-state index in [2.05, 4.69) is 34.3 Å². The Labute approximate surface area is 108 Å². The van der Waals surface area contributed by atoms with E-state index in [0.29, 0.717) is 0 Å². The molecule has 0 spiro atoms. The first-order chi connectivity index (χ1) is 8.70. The molecule has 0 aliphatic carbocycles. The number of aliphatic imine (C=N–C) groups is 1. The molecule has 3 heteroatoms. The zero-order chi connectivity index (χ0) is 13.0. The first-order valence-corrected chi connectivity index (χ1v) is 5.95. The molecule has 1 aromatic heterocycles. The van der Waals surface area contributed by atoms with Gasteiger partial charge in [-0.25, -0.2) is 4.99 Å². The lowest BCUT2D eigenvalue weighted by molar-refractivity contribution is 1.15. The van der Waals surface area contributed by atoms with E-state index in [1.54, 1.807) is 6.20 Å². The largest absolute Gasteiger partial charge is 0.373 e. The van der Waals surface area contributed by atoms with E-state index in [1.807, 2.05) is 38.4 Å². The van der Waals surface area contributed by atoms with Crippen LogP contribution in [0.3, 0.4) is 0 Å². The fourth-order valence-corrected chi connectivity index (χ4v) is 1.82. The second kappa shape index (κ2) is 5.45. The summed E-state index contributed by atoms with van der Waals surface area (Å²) in [6.07, 6.45) is 3.59. The average molecular weight is 239 g/mol. The summed E-state index contributed by atoms with van der Waals surface area (Å²) in [5.41, 5.74) is 4.28. The van der Waals surface area contributed by atoms with E-state index in [9.17, 15) is 0 Å². The number of hydrogen-bond acceptors (Lipinski definition) is 2. The van der Waals surface area contributed by atoms with Gasteiger partial charge in [-0.15, -0.1) is 0 Å². The second-order valence-corrected chi connectivity index (χ2v) is 4.25. The number of nitrogens with one attached hydrogen (secondary N) is 1. The first-order valence-electron chi connectivity index (χ1n) is 5.95. The van der Waals surface area contributed by atoms with Crippen molar-refractivity contribution < 1.29 is 0 Å². The molecule has 0 aliphatic rings. The number of aryl methyl sites for hydroxylation is 2. The van der Waals surface area contributed by atoms with Crippen LogP contribution in [0.25, 0.3) is 0 Å². The molecular weight excluding hydrogens is 222 g/mol. The quantitative estimate of drug-likeness (QED) is 0.646. The Balaban J connectivity index is 2.43. The van der Waals surface area contributed by atoms with Crippen LogP contribution in [0, 0.1) is 13.8 Å². The van der Waals surface area contributed by atoms with Gasteiger partial charge in [-0.3, -0.25) is 4.98 Å². The first kappa shape index (κ1) is 12.3. The molecule has 0 unspecified atom stereocenters. The van der Waals surface area contributed by atoms with Crippen molar-refractivity contribution in [3.05, 3.63) is 59.4 Å². The third-order valence-corrected chi connectivity index (χ3v) is 2.74. The molecule has 0 radical (unpaired) electrons. The zero-order valence-electron chi connectivity index (χ0n) is 10.9. The van der Waals surface area contributed by atoms with Crippen LogP contribution < -0.4 is 5.32 Å². The highest BCUT2D eigenvalue weighted by atomic mass is 15.0. The third-order valence-electron chi connectivity index (χ3n) is 2.74. The molecule has 0 aliphatic heterocycles. The van der Waals surface area contributed by atoms with Crippen molar-refractivity contribution in [3.8, 4) is 0 Å². The lowest BCUT2D eigenvalue weighted by Gasteiger charge is -2.09. The van der Waals surface area contributed by atoms with Crippen LogP contribution in [-0.2, 0) is 0 Å². The molecular formula is C15H17N3. The smallest absolute Gasteiger partial charge is 0.134 e. The maximum Gasteiger partial charge on any atom is 0.134 e. The lowest BCUT2D eigenvalue weighted by atomic mass is 10.1. The number of pyridine rings is 1. The third kappa shape index (κ3) is 2.74. The normalized spacial score (nSPS) is 11.4. The fourth-order valence-electron chi connectivity index (χ4n) is 1.82. The summed E-state index contributed by atoms with van der Waals surface area (Å²) in [6, 6.07) is 10.2. The number of rotatable bonds is 2. The molecule has 2 rings (SSSR count). The molecule has 1 heterocycles. The van der Waals surface area contributed by atoms with Gasteiger partial charge in [-0.05, 0) is 31.0 Å². The Hall–Kier alpha value is -2.16. The molecule has 1 aromatic carbocycles. The molecule has 2 aromatic rings. The summed E-state index contributed by atoms with van der Waals surface area (Å²) in [6.45, 7) is 4.09. The van der Waals surface area contributed by atoms with Gasteiger partial charge in [0.1, 0.15) is 5.84 Å². The Bertz CT molecular complexity index is 573. The summed E-state index contributed by atoms with van der Waals surface area (Å²) in [7, 11) is 1.88. The maximum absolute atomic E-state index is 4.61. The maximum atomic E-state index is 4.61. The van der Waals surface area contributed by atoms with Crippen LogP contribution >= 0.6 is 0 Å². The molecule has 18 heavy (non-hydrogen) atoms. The van der Waals surface area contributed by atoms with Crippen molar-refractivity contribution in [2.75, 3.05) is 7.05 Å². The summed E-state index contributed by atoms with van der Waals surface area (Å²) in [5, 5.41) is 3.15. The van der Waals surface area contributed by atoms with E-state index in [-0.39, 0.29) is 0 Å². The Morgan fingerprint density at radius 1 is 1.17 bits per heavy atom. The minimum absolute atomic E-state index is 0.862. The Morgan fingerprint density at radius 3 is 2.61 bits per heavy atom. The molecule has 1 N–H and O–H groups in total. The highest BCUT2D eigenvalue weighted by Crippen LogP contribution is 2.15. The molecule has 92 valence electrons. The minimum Gasteiger partial charge on any atom is -0.373 e. The van der Waals surface area contributed by atoms with Gasteiger partial charge < -0.3 is 5.32 Å². The predicted octanol–water partition coefficient (Wildman–Crippen LogP) is 3.00. The number of nitrogens with zero attached hydrogens (tertiary/aromatic N) is 2. The SMILES string of the molecule is CN/C(=N\c1cncc(C)c1)c1ccccc1C. The van der Waals surface area contributed by atoms with Gasteiger partial charge in [0.05, 0.1) is 11.9 Å². The molecule has 0 bridgehead atoms. The van der Waals surface area contributed by atoms with Gasteiger partial charge >= 0.3 is 0 Å². The van der Waals surface area contributed by atoms with E-state index in [4.69, 9.17) is 0 Å². The van der Waals surface area contributed by atoms with Crippen molar-refractivity contribution >= 4 is 11.5 Å². The molecule has 0 fully saturated rings. The topological polar surface area (TPSA) is 37.3 Å². The average Bonchev–Trinajstić information content (AvgIpc) is 2.37. The zero-order valence-corrected chi connectivity index (χ0v) is 10.9. The molecule has 3 nitrogen and oxygen atoms in total. The van der Waals surface area contributed by atoms with Gasteiger partial charge in [-0.2, -0.15) is 0 Å². The number of aromatic nitrogens is 1. The van der Waals surface area contributed by atoms with Crippen molar-refractivity contribution in [1.29, 1.82) is 0 Å². The van der Waals surface area contributed by atoms with Crippen molar-refractivity contribution in [1.82, 2.24) is 10.3 Å². The van der Waals surface area contributed by atoms with Gasteiger partial charge in [0.2, 0.25) is 0 Å². The van der Waals surface area contributed by atoms with Crippen molar-refractivity contribution in [2.24, 2.45) is 4.99 Å². The van der Waals surface area contributed by atoms with Crippen LogP contribution in [0.2, 0.25) is 0 Å².